The smallest absolute Gasteiger partial charge is 0.0662 e. The number of aliphatic hydroxyl groups is 1. The zero-order valence-corrected chi connectivity index (χ0v) is 12.2. The molecule has 2 N–H and O–H groups in total. The maximum atomic E-state index is 9.72. The average molecular weight is 254 g/mol. The Balaban J connectivity index is 1.91. The van der Waals surface area contributed by atoms with Crippen LogP contribution in [0.1, 0.15) is 46.5 Å². The third-order valence-electron chi connectivity index (χ3n) is 4.89. The van der Waals surface area contributed by atoms with Gasteiger partial charge in [0.05, 0.1) is 6.10 Å². The van der Waals surface area contributed by atoms with Crippen LogP contribution in [0.5, 0.6) is 0 Å². The molecule has 0 aromatic carbocycles. The Kier molecular flexibility index (Phi) is 5.05. The summed E-state index contributed by atoms with van der Waals surface area (Å²) in [6.45, 7) is 9.93. The van der Waals surface area contributed by atoms with Crippen molar-refractivity contribution >= 4 is 0 Å². The summed E-state index contributed by atoms with van der Waals surface area (Å²) in [6.07, 6.45) is 4.80. The van der Waals surface area contributed by atoms with Gasteiger partial charge in [-0.1, -0.05) is 13.3 Å². The fourth-order valence-electron chi connectivity index (χ4n) is 3.64. The molecule has 2 rings (SSSR count). The number of fused-ring (bicyclic) bond motifs is 2. The van der Waals surface area contributed by atoms with Gasteiger partial charge in [0.15, 0.2) is 0 Å². The van der Waals surface area contributed by atoms with Crippen molar-refractivity contribution in [1.29, 1.82) is 0 Å². The minimum absolute atomic E-state index is 0.172. The van der Waals surface area contributed by atoms with Crippen LogP contribution in [-0.4, -0.2) is 47.8 Å². The van der Waals surface area contributed by atoms with Crippen LogP contribution in [0.15, 0.2) is 0 Å². The molecule has 1 saturated heterocycles. The van der Waals surface area contributed by atoms with Crippen molar-refractivity contribution in [2.24, 2.45) is 11.8 Å². The van der Waals surface area contributed by atoms with Crippen molar-refractivity contribution in [3.05, 3.63) is 0 Å². The third-order valence-corrected chi connectivity index (χ3v) is 4.89. The van der Waals surface area contributed by atoms with E-state index in [1.165, 1.54) is 32.4 Å². The van der Waals surface area contributed by atoms with Crippen molar-refractivity contribution in [2.75, 3.05) is 19.6 Å². The number of nitrogens with zero attached hydrogens (tertiary/aromatic N) is 1. The summed E-state index contributed by atoms with van der Waals surface area (Å²) < 4.78 is 0. The minimum atomic E-state index is -0.172. The summed E-state index contributed by atoms with van der Waals surface area (Å²) in [6, 6.07) is 1.32. The Labute approximate surface area is 112 Å². The first-order valence-corrected chi connectivity index (χ1v) is 7.77. The zero-order chi connectivity index (χ0) is 13.1. The predicted octanol–water partition coefficient (Wildman–Crippen LogP) is 1.86. The molecule has 1 heterocycles. The maximum absolute atomic E-state index is 9.72. The third kappa shape index (κ3) is 3.25. The first-order valence-electron chi connectivity index (χ1n) is 7.77. The molecule has 2 fully saturated rings. The highest BCUT2D eigenvalue weighted by Gasteiger charge is 2.39. The van der Waals surface area contributed by atoms with E-state index in [0.717, 1.165) is 24.8 Å². The van der Waals surface area contributed by atoms with Crippen LogP contribution in [-0.2, 0) is 0 Å². The molecular weight excluding hydrogens is 224 g/mol. The van der Waals surface area contributed by atoms with E-state index in [1.54, 1.807) is 0 Å². The topological polar surface area (TPSA) is 35.5 Å². The van der Waals surface area contributed by atoms with Gasteiger partial charge in [0.1, 0.15) is 0 Å². The second kappa shape index (κ2) is 6.36. The number of aliphatic hydroxyl groups excluding tert-OH is 1. The van der Waals surface area contributed by atoms with Crippen LogP contribution in [0.3, 0.4) is 0 Å². The van der Waals surface area contributed by atoms with Crippen molar-refractivity contribution in [3.63, 3.8) is 0 Å². The first kappa shape index (κ1) is 14.3. The van der Waals surface area contributed by atoms with Crippen LogP contribution in [0.25, 0.3) is 0 Å². The standard InChI is InChI=1S/C15H30N2O/c1-4-14(18)8-16-15-12-6-5-7-13(15)10-17(9-12)11(2)3/h11-16,18H,4-10H2,1-3H3. The number of piperidine rings is 1. The fourth-order valence-corrected chi connectivity index (χ4v) is 3.64. The number of hydrogen-bond donors (Lipinski definition) is 2. The summed E-state index contributed by atoms with van der Waals surface area (Å²) in [5.41, 5.74) is 0. The second-order valence-electron chi connectivity index (χ2n) is 6.49. The second-order valence-corrected chi connectivity index (χ2v) is 6.49. The molecule has 0 radical (unpaired) electrons. The SMILES string of the molecule is CCC(O)CNC1C2CCCC1CN(C(C)C)C2. The highest BCUT2D eigenvalue weighted by atomic mass is 16.3. The van der Waals surface area contributed by atoms with Gasteiger partial charge in [-0.05, 0) is 44.9 Å². The molecule has 0 amide bonds. The number of nitrogens with one attached hydrogen (secondary N) is 1. The van der Waals surface area contributed by atoms with Gasteiger partial charge in [-0.15, -0.1) is 0 Å². The van der Waals surface area contributed by atoms with Gasteiger partial charge in [-0.2, -0.15) is 0 Å². The Morgan fingerprint density at radius 3 is 2.33 bits per heavy atom. The van der Waals surface area contributed by atoms with Gasteiger partial charge < -0.3 is 15.3 Å². The van der Waals surface area contributed by atoms with E-state index in [2.05, 4.69) is 31.0 Å². The molecule has 2 bridgehead atoms. The largest absolute Gasteiger partial charge is 0.392 e. The normalized spacial score (nSPS) is 34.8. The van der Waals surface area contributed by atoms with E-state index in [1.807, 2.05) is 0 Å². The predicted molar refractivity (Wildman–Crippen MR) is 75.6 cm³/mol. The Morgan fingerprint density at radius 2 is 1.83 bits per heavy atom. The fraction of sp³-hybridized carbons (Fsp3) is 1.00. The summed E-state index contributed by atoms with van der Waals surface area (Å²) in [4.78, 5) is 2.64. The highest BCUT2D eigenvalue weighted by Crippen LogP contribution is 2.35. The lowest BCUT2D eigenvalue weighted by atomic mass is 9.73. The quantitative estimate of drug-likeness (QED) is 0.786. The van der Waals surface area contributed by atoms with E-state index >= 15 is 0 Å². The van der Waals surface area contributed by atoms with Gasteiger partial charge >= 0.3 is 0 Å². The molecule has 1 aliphatic heterocycles. The molecule has 18 heavy (non-hydrogen) atoms. The molecule has 1 aliphatic carbocycles. The van der Waals surface area contributed by atoms with Crippen molar-refractivity contribution in [3.8, 4) is 0 Å². The molecule has 3 unspecified atom stereocenters. The maximum Gasteiger partial charge on any atom is 0.0662 e. The molecule has 2 aliphatic rings. The Hall–Kier alpha value is -0.120. The van der Waals surface area contributed by atoms with Gasteiger partial charge in [0.25, 0.3) is 0 Å². The van der Waals surface area contributed by atoms with E-state index in [0.29, 0.717) is 12.1 Å². The molecule has 1 saturated carbocycles. The van der Waals surface area contributed by atoms with Crippen LogP contribution in [0, 0.1) is 11.8 Å². The van der Waals surface area contributed by atoms with E-state index in [4.69, 9.17) is 0 Å². The molecule has 3 heteroatoms. The van der Waals surface area contributed by atoms with Gasteiger partial charge in [-0.3, -0.25) is 0 Å². The number of hydrogen-bond acceptors (Lipinski definition) is 3. The Morgan fingerprint density at radius 1 is 1.22 bits per heavy atom. The van der Waals surface area contributed by atoms with Crippen LogP contribution < -0.4 is 5.32 Å². The lowest BCUT2D eigenvalue weighted by Crippen LogP contribution is -2.59. The summed E-state index contributed by atoms with van der Waals surface area (Å²) in [7, 11) is 0. The van der Waals surface area contributed by atoms with Gasteiger partial charge in [-0.25, -0.2) is 0 Å². The molecule has 3 atom stereocenters. The molecule has 0 aromatic heterocycles. The van der Waals surface area contributed by atoms with Crippen molar-refractivity contribution in [2.45, 2.75) is 64.6 Å². The molecule has 0 spiro atoms. The molecule has 3 nitrogen and oxygen atoms in total. The molecule has 0 aromatic rings. The summed E-state index contributed by atoms with van der Waals surface area (Å²) in [5, 5.41) is 13.4. The average Bonchev–Trinajstić information content (AvgIpc) is 2.34. The number of likely N-dealkylation sites (tertiary alicyclic amines) is 1. The van der Waals surface area contributed by atoms with Gasteiger partial charge in [0.2, 0.25) is 0 Å². The van der Waals surface area contributed by atoms with Gasteiger partial charge in [0, 0.05) is 31.7 Å². The van der Waals surface area contributed by atoms with Crippen molar-refractivity contribution in [1.82, 2.24) is 10.2 Å². The minimum Gasteiger partial charge on any atom is -0.392 e. The monoisotopic (exact) mass is 254 g/mol. The lowest BCUT2D eigenvalue weighted by molar-refractivity contribution is 0.0239. The van der Waals surface area contributed by atoms with E-state index in [9.17, 15) is 5.11 Å². The van der Waals surface area contributed by atoms with Crippen molar-refractivity contribution < 1.29 is 5.11 Å². The van der Waals surface area contributed by atoms with E-state index in [-0.39, 0.29) is 6.10 Å². The Bertz CT molecular complexity index is 243. The van der Waals surface area contributed by atoms with Crippen LogP contribution in [0.4, 0.5) is 0 Å². The number of rotatable bonds is 5. The molecule has 106 valence electrons. The van der Waals surface area contributed by atoms with Crippen LogP contribution >= 0.6 is 0 Å². The summed E-state index contributed by atoms with van der Waals surface area (Å²) >= 11 is 0. The lowest BCUT2D eigenvalue weighted by Gasteiger charge is -2.49. The first-order chi connectivity index (χ1) is 8.61. The van der Waals surface area contributed by atoms with E-state index < -0.39 is 0 Å². The molecular formula is C15H30N2O. The zero-order valence-electron chi connectivity index (χ0n) is 12.2. The summed E-state index contributed by atoms with van der Waals surface area (Å²) in [5.74, 6) is 1.59. The van der Waals surface area contributed by atoms with Crippen LogP contribution in [0.2, 0.25) is 0 Å². The highest BCUT2D eigenvalue weighted by molar-refractivity contribution is 4.95.